The van der Waals surface area contributed by atoms with Gasteiger partial charge in [0, 0.05) is 24.1 Å². The summed E-state index contributed by atoms with van der Waals surface area (Å²) in [6, 6.07) is 19.9. The second-order valence-electron chi connectivity index (χ2n) is 5.98. The number of methoxy groups -OCH3 is 1. The number of carbonyl (C=O) groups excluding carboxylic acids is 2. The molecule has 2 aromatic carbocycles. The Morgan fingerprint density at radius 3 is 2.46 bits per heavy atom. The van der Waals surface area contributed by atoms with Gasteiger partial charge in [-0.1, -0.05) is 30.3 Å². The van der Waals surface area contributed by atoms with Gasteiger partial charge in [0.2, 0.25) is 0 Å². The van der Waals surface area contributed by atoms with Crippen molar-refractivity contribution in [2.24, 2.45) is 0 Å². The van der Waals surface area contributed by atoms with Gasteiger partial charge in [0.05, 0.1) is 18.4 Å². The standard InChI is InChI=1S/C22H21N3O3/c1-3-25(17-9-5-4-6-10-17)21(26)20-15-16(13-14-23-20)24-19-12-8-7-11-18(19)22(27)28-2/h4-15H,3H2,1-2H3,(H,23,24). The molecule has 3 aromatic rings. The van der Waals surface area contributed by atoms with E-state index in [1.54, 1.807) is 41.4 Å². The fourth-order valence-electron chi connectivity index (χ4n) is 2.85. The Balaban J connectivity index is 1.87. The van der Waals surface area contributed by atoms with Crippen LogP contribution in [0, 0.1) is 0 Å². The van der Waals surface area contributed by atoms with Gasteiger partial charge in [-0.3, -0.25) is 9.78 Å². The smallest absolute Gasteiger partial charge is 0.339 e. The molecule has 0 unspecified atom stereocenters. The van der Waals surface area contributed by atoms with Crippen LogP contribution in [0.5, 0.6) is 0 Å². The summed E-state index contributed by atoms with van der Waals surface area (Å²) in [6.07, 6.45) is 1.56. The van der Waals surface area contributed by atoms with Gasteiger partial charge in [0.1, 0.15) is 5.69 Å². The molecule has 0 fully saturated rings. The molecular formula is C22H21N3O3. The van der Waals surface area contributed by atoms with Crippen molar-refractivity contribution in [3.8, 4) is 0 Å². The van der Waals surface area contributed by atoms with Gasteiger partial charge in [-0.15, -0.1) is 0 Å². The van der Waals surface area contributed by atoms with Crippen LogP contribution in [0.3, 0.4) is 0 Å². The number of rotatable bonds is 6. The Morgan fingerprint density at radius 2 is 1.75 bits per heavy atom. The van der Waals surface area contributed by atoms with E-state index in [1.165, 1.54) is 7.11 Å². The van der Waals surface area contributed by atoms with E-state index in [0.29, 0.717) is 29.2 Å². The third-order valence-electron chi connectivity index (χ3n) is 4.22. The lowest BCUT2D eigenvalue weighted by molar-refractivity contribution is 0.0601. The van der Waals surface area contributed by atoms with Gasteiger partial charge in [0.15, 0.2) is 0 Å². The molecule has 6 heteroatoms. The third kappa shape index (κ3) is 4.17. The molecule has 0 radical (unpaired) electrons. The zero-order chi connectivity index (χ0) is 19.9. The van der Waals surface area contributed by atoms with E-state index in [2.05, 4.69) is 10.3 Å². The van der Waals surface area contributed by atoms with Crippen molar-refractivity contribution in [3.05, 3.63) is 84.2 Å². The molecule has 6 nitrogen and oxygen atoms in total. The van der Waals surface area contributed by atoms with Gasteiger partial charge in [-0.2, -0.15) is 0 Å². The van der Waals surface area contributed by atoms with Crippen LogP contribution in [-0.2, 0) is 4.74 Å². The summed E-state index contributed by atoms with van der Waals surface area (Å²) < 4.78 is 4.82. The summed E-state index contributed by atoms with van der Waals surface area (Å²) in [6.45, 7) is 2.44. The highest BCUT2D eigenvalue weighted by molar-refractivity contribution is 6.05. The molecule has 3 rings (SSSR count). The summed E-state index contributed by atoms with van der Waals surface area (Å²) >= 11 is 0. The predicted octanol–water partition coefficient (Wildman–Crippen LogP) is 4.28. The van der Waals surface area contributed by atoms with Gasteiger partial charge < -0.3 is 15.0 Å². The lowest BCUT2D eigenvalue weighted by atomic mass is 10.1. The second-order valence-corrected chi connectivity index (χ2v) is 5.98. The average molecular weight is 375 g/mol. The molecule has 0 atom stereocenters. The Morgan fingerprint density at radius 1 is 1.04 bits per heavy atom. The molecule has 0 bridgehead atoms. The molecule has 1 heterocycles. The summed E-state index contributed by atoms with van der Waals surface area (Å²) in [5.74, 6) is -0.631. The monoisotopic (exact) mass is 375 g/mol. The van der Waals surface area contributed by atoms with E-state index < -0.39 is 5.97 Å². The van der Waals surface area contributed by atoms with Crippen LogP contribution in [-0.4, -0.2) is 30.5 Å². The van der Waals surface area contributed by atoms with Crippen LogP contribution in [0.1, 0.15) is 27.8 Å². The van der Waals surface area contributed by atoms with E-state index in [-0.39, 0.29) is 5.91 Å². The topological polar surface area (TPSA) is 71.5 Å². The molecule has 0 aliphatic rings. The molecule has 0 saturated carbocycles. The quantitative estimate of drug-likeness (QED) is 0.651. The van der Waals surface area contributed by atoms with Crippen LogP contribution in [0.25, 0.3) is 0 Å². The van der Waals surface area contributed by atoms with Crippen LogP contribution in [0.15, 0.2) is 72.9 Å². The Kier molecular flexibility index (Phi) is 6.01. The van der Waals surface area contributed by atoms with Crippen LogP contribution < -0.4 is 10.2 Å². The highest BCUT2D eigenvalue weighted by Crippen LogP contribution is 2.23. The van der Waals surface area contributed by atoms with Crippen LogP contribution in [0.4, 0.5) is 17.1 Å². The summed E-state index contributed by atoms with van der Waals surface area (Å²) in [4.78, 5) is 30.8. The van der Waals surface area contributed by atoms with Gasteiger partial charge in [-0.05, 0) is 43.3 Å². The predicted molar refractivity (Wildman–Crippen MR) is 109 cm³/mol. The van der Waals surface area contributed by atoms with Crippen molar-refractivity contribution in [1.82, 2.24) is 4.98 Å². The minimum absolute atomic E-state index is 0.196. The highest BCUT2D eigenvalue weighted by atomic mass is 16.5. The molecule has 0 saturated heterocycles. The minimum Gasteiger partial charge on any atom is -0.465 e. The fraction of sp³-hybridized carbons (Fsp3) is 0.136. The summed E-state index contributed by atoms with van der Waals surface area (Å²) in [5, 5.41) is 3.17. The molecule has 1 amide bonds. The van der Waals surface area contributed by atoms with Crippen molar-refractivity contribution in [2.75, 3.05) is 23.9 Å². The van der Waals surface area contributed by atoms with Crippen molar-refractivity contribution >= 4 is 28.9 Å². The molecule has 0 spiro atoms. The molecular weight excluding hydrogens is 354 g/mol. The van der Waals surface area contributed by atoms with Gasteiger partial charge >= 0.3 is 5.97 Å². The lowest BCUT2D eigenvalue weighted by Crippen LogP contribution is -2.31. The van der Waals surface area contributed by atoms with E-state index in [4.69, 9.17) is 4.74 Å². The first-order valence-electron chi connectivity index (χ1n) is 8.91. The third-order valence-corrected chi connectivity index (χ3v) is 4.22. The van der Waals surface area contributed by atoms with Crippen molar-refractivity contribution in [1.29, 1.82) is 0 Å². The van der Waals surface area contributed by atoms with Crippen LogP contribution >= 0.6 is 0 Å². The first kappa shape index (κ1) is 19.1. The summed E-state index contributed by atoms with van der Waals surface area (Å²) in [7, 11) is 1.34. The SMILES string of the molecule is CCN(C(=O)c1cc(Nc2ccccc2C(=O)OC)ccn1)c1ccccc1. The molecule has 0 aliphatic heterocycles. The molecule has 142 valence electrons. The fourth-order valence-corrected chi connectivity index (χ4v) is 2.85. The number of aromatic nitrogens is 1. The maximum atomic E-state index is 13.0. The largest absolute Gasteiger partial charge is 0.465 e. The zero-order valence-electron chi connectivity index (χ0n) is 15.8. The van der Waals surface area contributed by atoms with Gasteiger partial charge in [0.25, 0.3) is 5.91 Å². The number of esters is 1. The normalized spacial score (nSPS) is 10.2. The molecule has 28 heavy (non-hydrogen) atoms. The number of para-hydroxylation sites is 2. The number of pyridine rings is 1. The van der Waals surface area contributed by atoms with Gasteiger partial charge in [-0.25, -0.2) is 4.79 Å². The molecule has 1 N–H and O–H groups in total. The van der Waals surface area contributed by atoms with E-state index >= 15 is 0 Å². The zero-order valence-corrected chi connectivity index (χ0v) is 15.8. The van der Waals surface area contributed by atoms with E-state index in [0.717, 1.165) is 5.69 Å². The number of anilines is 3. The number of amides is 1. The first-order valence-corrected chi connectivity index (χ1v) is 8.91. The van der Waals surface area contributed by atoms with Crippen molar-refractivity contribution < 1.29 is 14.3 Å². The average Bonchev–Trinajstić information content (AvgIpc) is 2.75. The molecule has 0 aliphatic carbocycles. The number of hydrogen-bond donors (Lipinski definition) is 1. The number of nitrogens with one attached hydrogen (secondary N) is 1. The first-order chi connectivity index (χ1) is 13.6. The minimum atomic E-state index is -0.435. The van der Waals surface area contributed by atoms with Crippen LogP contribution in [0.2, 0.25) is 0 Å². The Bertz CT molecular complexity index is 974. The van der Waals surface area contributed by atoms with Crippen molar-refractivity contribution in [3.63, 3.8) is 0 Å². The Hall–Kier alpha value is -3.67. The highest BCUT2D eigenvalue weighted by Gasteiger charge is 2.18. The van der Waals surface area contributed by atoms with E-state index in [1.807, 2.05) is 43.3 Å². The number of carbonyl (C=O) groups is 2. The second kappa shape index (κ2) is 8.81. The maximum Gasteiger partial charge on any atom is 0.339 e. The number of nitrogens with zero attached hydrogens (tertiary/aromatic N) is 2. The van der Waals surface area contributed by atoms with Crippen molar-refractivity contribution in [2.45, 2.75) is 6.92 Å². The van der Waals surface area contributed by atoms with E-state index in [9.17, 15) is 9.59 Å². The summed E-state index contributed by atoms with van der Waals surface area (Å²) in [5.41, 5.74) is 2.78. The number of benzene rings is 2. The number of ether oxygens (including phenoxy) is 1. The lowest BCUT2D eigenvalue weighted by Gasteiger charge is -2.21. The maximum absolute atomic E-state index is 13.0. The number of hydrogen-bond acceptors (Lipinski definition) is 5. The molecule has 1 aromatic heterocycles. The Labute approximate surface area is 163 Å².